The van der Waals surface area contributed by atoms with E-state index in [1.165, 1.54) is 14.2 Å². The SMILES string of the molecule is CCOc1ccc(C(CC(=O)OC)NC(=O)c2cccc(OC)c2)cc1OCC. The van der Waals surface area contributed by atoms with Gasteiger partial charge in [-0.3, -0.25) is 9.59 Å². The van der Waals surface area contributed by atoms with E-state index in [1.54, 1.807) is 42.5 Å². The van der Waals surface area contributed by atoms with Crippen LogP contribution in [0.25, 0.3) is 0 Å². The summed E-state index contributed by atoms with van der Waals surface area (Å²) in [5.41, 5.74) is 1.13. The summed E-state index contributed by atoms with van der Waals surface area (Å²) in [7, 11) is 2.85. The second-order valence-electron chi connectivity index (χ2n) is 6.11. The number of nitrogens with one attached hydrogen (secondary N) is 1. The number of carbonyl (C=O) groups is 2. The third kappa shape index (κ3) is 6.14. The first-order chi connectivity index (χ1) is 14.0. The van der Waals surface area contributed by atoms with Gasteiger partial charge in [-0.05, 0) is 49.7 Å². The van der Waals surface area contributed by atoms with Crippen LogP contribution in [0.2, 0.25) is 0 Å². The van der Waals surface area contributed by atoms with E-state index in [0.29, 0.717) is 41.6 Å². The minimum atomic E-state index is -0.601. The zero-order valence-electron chi connectivity index (χ0n) is 17.2. The normalized spacial score (nSPS) is 11.3. The van der Waals surface area contributed by atoms with E-state index in [9.17, 15) is 9.59 Å². The van der Waals surface area contributed by atoms with E-state index < -0.39 is 12.0 Å². The molecule has 2 aromatic rings. The van der Waals surface area contributed by atoms with Crippen molar-refractivity contribution in [2.75, 3.05) is 27.4 Å². The van der Waals surface area contributed by atoms with Gasteiger partial charge in [-0.25, -0.2) is 0 Å². The van der Waals surface area contributed by atoms with Crippen molar-refractivity contribution in [3.63, 3.8) is 0 Å². The standard InChI is InChI=1S/C22H27NO6/c1-5-28-19-11-10-15(13-20(19)29-6-2)18(14-21(24)27-4)23-22(25)16-8-7-9-17(12-16)26-3/h7-13,18H,5-6,14H2,1-4H3,(H,23,25). The lowest BCUT2D eigenvalue weighted by atomic mass is 10.0. The monoisotopic (exact) mass is 401 g/mol. The zero-order valence-corrected chi connectivity index (χ0v) is 17.2. The molecule has 2 aromatic carbocycles. The first-order valence-electron chi connectivity index (χ1n) is 9.43. The highest BCUT2D eigenvalue weighted by Gasteiger charge is 2.21. The van der Waals surface area contributed by atoms with Crippen molar-refractivity contribution in [2.24, 2.45) is 0 Å². The minimum Gasteiger partial charge on any atom is -0.497 e. The van der Waals surface area contributed by atoms with Crippen molar-refractivity contribution in [2.45, 2.75) is 26.3 Å². The lowest BCUT2D eigenvalue weighted by Gasteiger charge is -2.20. The molecule has 0 fully saturated rings. The molecule has 1 N–H and O–H groups in total. The van der Waals surface area contributed by atoms with E-state index in [1.807, 2.05) is 13.8 Å². The molecule has 0 aromatic heterocycles. The largest absolute Gasteiger partial charge is 0.497 e. The predicted molar refractivity (Wildman–Crippen MR) is 109 cm³/mol. The van der Waals surface area contributed by atoms with Crippen LogP contribution in [0.5, 0.6) is 17.2 Å². The van der Waals surface area contributed by atoms with Crippen LogP contribution in [0.4, 0.5) is 0 Å². The highest BCUT2D eigenvalue weighted by molar-refractivity contribution is 5.95. The van der Waals surface area contributed by atoms with Gasteiger partial charge < -0.3 is 24.3 Å². The van der Waals surface area contributed by atoms with E-state index >= 15 is 0 Å². The molecule has 2 rings (SSSR count). The molecule has 0 heterocycles. The maximum atomic E-state index is 12.8. The van der Waals surface area contributed by atoms with Gasteiger partial charge in [0, 0.05) is 5.56 Å². The van der Waals surface area contributed by atoms with Crippen LogP contribution in [0.3, 0.4) is 0 Å². The summed E-state index contributed by atoms with van der Waals surface area (Å²) in [5, 5.41) is 2.90. The third-order valence-electron chi connectivity index (χ3n) is 4.21. The molecule has 1 atom stereocenters. The summed E-state index contributed by atoms with van der Waals surface area (Å²) in [6.45, 7) is 4.72. The van der Waals surface area contributed by atoms with Crippen LogP contribution in [0.15, 0.2) is 42.5 Å². The van der Waals surface area contributed by atoms with Crippen LogP contribution in [-0.2, 0) is 9.53 Å². The molecular weight excluding hydrogens is 374 g/mol. The van der Waals surface area contributed by atoms with Crippen LogP contribution in [0, 0.1) is 0 Å². The number of rotatable bonds is 10. The van der Waals surface area contributed by atoms with Crippen molar-refractivity contribution in [3.05, 3.63) is 53.6 Å². The fourth-order valence-electron chi connectivity index (χ4n) is 2.79. The maximum Gasteiger partial charge on any atom is 0.307 e. The summed E-state index contributed by atoms with van der Waals surface area (Å²) in [5.74, 6) is 0.964. The zero-order chi connectivity index (χ0) is 21.2. The van der Waals surface area contributed by atoms with Gasteiger partial charge in [-0.15, -0.1) is 0 Å². The number of ether oxygens (including phenoxy) is 4. The Morgan fingerprint density at radius 3 is 2.34 bits per heavy atom. The van der Waals surface area contributed by atoms with Crippen LogP contribution in [-0.4, -0.2) is 39.3 Å². The topological polar surface area (TPSA) is 83.1 Å². The summed E-state index contributed by atoms with van der Waals surface area (Å²) in [6.07, 6.45) is -0.0221. The molecule has 0 bridgehead atoms. The average Bonchev–Trinajstić information content (AvgIpc) is 2.74. The van der Waals surface area contributed by atoms with Crippen molar-refractivity contribution in [3.8, 4) is 17.2 Å². The smallest absolute Gasteiger partial charge is 0.307 e. The van der Waals surface area contributed by atoms with Gasteiger partial charge in [-0.2, -0.15) is 0 Å². The van der Waals surface area contributed by atoms with Crippen molar-refractivity contribution in [1.82, 2.24) is 5.32 Å². The molecule has 0 radical (unpaired) electrons. The second kappa shape index (κ2) is 10.9. The summed E-state index contributed by atoms with van der Waals surface area (Å²) >= 11 is 0. The Bertz CT molecular complexity index is 836. The molecule has 29 heavy (non-hydrogen) atoms. The van der Waals surface area contributed by atoms with E-state index in [2.05, 4.69) is 5.32 Å². The number of benzene rings is 2. The van der Waals surface area contributed by atoms with Gasteiger partial charge in [0.05, 0.1) is 39.9 Å². The average molecular weight is 401 g/mol. The minimum absolute atomic E-state index is 0.0221. The van der Waals surface area contributed by atoms with Gasteiger partial charge in [-0.1, -0.05) is 12.1 Å². The van der Waals surface area contributed by atoms with Crippen molar-refractivity contribution < 1.29 is 28.5 Å². The molecule has 0 spiro atoms. The maximum absolute atomic E-state index is 12.8. The quantitative estimate of drug-likeness (QED) is 0.613. The Balaban J connectivity index is 2.33. The fourth-order valence-corrected chi connectivity index (χ4v) is 2.79. The lowest BCUT2D eigenvalue weighted by molar-refractivity contribution is -0.141. The van der Waals surface area contributed by atoms with Crippen molar-refractivity contribution >= 4 is 11.9 Å². The number of methoxy groups -OCH3 is 2. The highest BCUT2D eigenvalue weighted by Crippen LogP contribution is 2.32. The fraction of sp³-hybridized carbons (Fsp3) is 0.364. The molecular formula is C22H27NO6. The van der Waals surface area contributed by atoms with Crippen LogP contribution >= 0.6 is 0 Å². The lowest BCUT2D eigenvalue weighted by Crippen LogP contribution is -2.30. The summed E-state index contributed by atoms with van der Waals surface area (Å²) in [6, 6.07) is 11.5. The Labute approximate surface area is 170 Å². The molecule has 0 aliphatic rings. The third-order valence-corrected chi connectivity index (χ3v) is 4.21. The molecule has 156 valence electrons. The van der Waals surface area contributed by atoms with Crippen LogP contribution < -0.4 is 19.5 Å². The van der Waals surface area contributed by atoms with Gasteiger partial charge in [0.25, 0.3) is 5.91 Å². The van der Waals surface area contributed by atoms with Gasteiger partial charge >= 0.3 is 5.97 Å². The van der Waals surface area contributed by atoms with E-state index in [4.69, 9.17) is 18.9 Å². The molecule has 7 nitrogen and oxygen atoms in total. The van der Waals surface area contributed by atoms with Gasteiger partial charge in [0.15, 0.2) is 11.5 Å². The summed E-state index contributed by atoms with van der Waals surface area (Å²) in [4.78, 5) is 24.7. The predicted octanol–water partition coefficient (Wildman–Crippen LogP) is 3.53. The van der Waals surface area contributed by atoms with Gasteiger partial charge in [0.2, 0.25) is 0 Å². The van der Waals surface area contributed by atoms with Crippen LogP contribution in [0.1, 0.15) is 42.2 Å². The molecule has 7 heteroatoms. The Kier molecular flexibility index (Phi) is 8.33. The van der Waals surface area contributed by atoms with E-state index in [0.717, 1.165) is 0 Å². The molecule has 1 amide bonds. The summed E-state index contributed by atoms with van der Waals surface area (Å²) < 4.78 is 21.2. The van der Waals surface area contributed by atoms with Gasteiger partial charge in [0.1, 0.15) is 5.75 Å². The van der Waals surface area contributed by atoms with E-state index in [-0.39, 0.29) is 12.3 Å². The number of amides is 1. The molecule has 1 unspecified atom stereocenters. The molecule has 0 saturated heterocycles. The van der Waals surface area contributed by atoms with Crippen molar-refractivity contribution in [1.29, 1.82) is 0 Å². The number of hydrogen-bond donors (Lipinski definition) is 1. The first kappa shape index (κ1) is 22.1. The first-order valence-corrected chi connectivity index (χ1v) is 9.43. The molecule has 0 aliphatic heterocycles. The highest BCUT2D eigenvalue weighted by atomic mass is 16.5. The number of hydrogen-bond acceptors (Lipinski definition) is 6. The Morgan fingerprint density at radius 2 is 1.69 bits per heavy atom. The Morgan fingerprint density at radius 1 is 0.966 bits per heavy atom. The molecule has 0 aliphatic carbocycles. The Hall–Kier alpha value is -3.22. The second-order valence-corrected chi connectivity index (χ2v) is 6.11. The number of carbonyl (C=O) groups excluding carboxylic acids is 2. The number of esters is 1. The molecule has 0 saturated carbocycles.